The fourth-order valence-electron chi connectivity index (χ4n) is 4.21. The minimum absolute atomic E-state index is 0.00288. The van der Waals surface area contributed by atoms with Crippen molar-refractivity contribution in [1.82, 2.24) is 15.4 Å². The number of nitrogens with zero attached hydrogens (tertiary/aromatic N) is 2. The Balaban J connectivity index is 1.48. The number of likely N-dealkylation sites (tertiary alicyclic amines) is 1. The first-order valence-electron chi connectivity index (χ1n) is 10.5. The van der Waals surface area contributed by atoms with Crippen molar-refractivity contribution in [2.75, 3.05) is 13.1 Å². The third-order valence-electron chi connectivity index (χ3n) is 6.15. The topological polar surface area (TPSA) is 58.4 Å². The summed E-state index contributed by atoms with van der Waals surface area (Å²) in [7, 11) is 0. The maximum absolute atomic E-state index is 12.9. The lowest BCUT2D eigenvalue weighted by Crippen LogP contribution is -2.48. The van der Waals surface area contributed by atoms with Gasteiger partial charge in [0.15, 0.2) is 5.69 Å². The first-order valence-corrected chi connectivity index (χ1v) is 10.5. The van der Waals surface area contributed by atoms with Gasteiger partial charge in [0.1, 0.15) is 5.76 Å². The zero-order valence-electron chi connectivity index (χ0n) is 17.1. The summed E-state index contributed by atoms with van der Waals surface area (Å²) in [6.07, 6.45) is 4.41. The Labute approximate surface area is 167 Å². The number of piperidine rings is 1. The summed E-state index contributed by atoms with van der Waals surface area (Å²) < 4.78 is 5.38. The number of carbonyl (C=O) groups excluding carboxylic acids is 1. The van der Waals surface area contributed by atoms with Crippen LogP contribution in [0.2, 0.25) is 0 Å². The minimum atomic E-state index is -0.136. The summed E-state index contributed by atoms with van der Waals surface area (Å²) in [4.78, 5) is 15.4. The smallest absolute Gasteiger partial charge is 0.273 e. The van der Waals surface area contributed by atoms with E-state index in [0.29, 0.717) is 17.5 Å². The third-order valence-corrected chi connectivity index (χ3v) is 6.15. The van der Waals surface area contributed by atoms with Gasteiger partial charge in [0.2, 0.25) is 0 Å². The molecule has 1 unspecified atom stereocenters. The molecule has 1 saturated carbocycles. The van der Waals surface area contributed by atoms with Gasteiger partial charge >= 0.3 is 0 Å². The molecule has 1 aromatic carbocycles. The van der Waals surface area contributed by atoms with Gasteiger partial charge in [-0.25, -0.2) is 0 Å². The van der Waals surface area contributed by atoms with Crippen LogP contribution in [0.5, 0.6) is 0 Å². The van der Waals surface area contributed by atoms with E-state index in [1.54, 1.807) is 0 Å². The molecule has 150 valence electrons. The zero-order chi connectivity index (χ0) is 19.7. The molecule has 1 aromatic heterocycles. The van der Waals surface area contributed by atoms with Gasteiger partial charge in [-0.15, -0.1) is 0 Å². The van der Waals surface area contributed by atoms with E-state index in [4.69, 9.17) is 4.52 Å². The Bertz CT molecular complexity index is 797. The molecular weight excluding hydrogens is 350 g/mol. The van der Waals surface area contributed by atoms with Crippen molar-refractivity contribution in [3.8, 4) is 0 Å². The van der Waals surface area contributed by atoms with E-state index in [2.05, 4.69) is 48.3 Å². The molecule has 1 saturated heterocycles. The molecule has 28 heavy (non-hydrogen) atoms. The van der Waals surface area contributed by atoms with E-state index in [0.717, 1.165) is 50.1 Å². The Morgan fingerprint density at radius 2 is 1.82 bits per heavy atom. The maximum atomic E-state index is 12.9. The first-order chi connectivity index (χ1) is 13.4. The Kier molecular flexibility index (Phi) is 5.28. The molecule has 0 bridgehead atoms. The number of carbonyl (C=O) groups is 1. The summed E-state index contributed by atoms with van der Waals surface area (Å²) in [5.74, 6) is 1.59. The van der Waals surface area contributed by atoms with Crippen LogP contribution in [0.4, 0.5) is 0 Å². The average molecular weight is 382 g/mol. The molecule has 5 heteroatoms. The third kappa shape index (κ3) is 4.30. The van der Waals surface area contributed by atoms with Crippen LogP contribution in [-0.2, 0) is 0 Å². The number of nitrogens with one attached hydrogen (secondary N) is 1. The number of benzene rings is 1. The lowest BCUT2D eigenvalue weighted by Gasteiger charge is -2.42. The van der Waals surface area contributed by atoms with Gasteiger partial charge < -0.3 is 9.84 Å². The van der Waals surface area contributed by atoms with Crippen molar-refractivity contribution in [1.29, 1.82) is 0 Å². The predicted octanol–water partition coefficient (Wildman–Crippen LogP) is 4.53. The Hall–Kier alpha value is -2.14. The number of rotatable bonds is 5. The summed E-state index contributed by atoms with van der Waals surface area (Å²) >= 11 is 0. The molecule has 0 radical (unpaired) electrons. The molecule has 1 N–H and O–H groups in total. The average Bonchev–Trinajstić information content (AvgIpc) is 3.42. The van der Waals surface area contributed by atoms with Gasteiger partial charge in [-0.2, -0.15) is 0 Å². The summed E-state index contributed by atoms with van der Waals surface area (Å²) in [5.41, 5.74) is 1.75. The van der Waals surface area contributed by atoms with Gasteiger partial charge in [0.05, 0.1) is 6.04 Å². The largest absolute Gasteiger partial charge is 0.360 e. The van der Waals surface area contributed by atoms with Gasteiger partial charge in [0, 0.05) is 17.5 Å². The fourth-order valence-corrected chi connectivity index (χ4v) is 4.21. The fraction of sp³-hybridized carbons (Fsp3) is 0.565. The monoisotopic (exact) mass is 381 g/mol. The van der Waals surface area contributed by atoms with E-state index in [9.17, 15) is 4.79 Å². The lowest BCUT2D eigenvalue weighted by molar-refractivity contribution is 0.0705. The van der Waals surface area contributed by atoms with Crippen LogP contribution in [0.25, 0.3) is 0 Å². The SMILES string of the molecule is CC(C)(C)N1CCC(C(NC(=O)c2cc(C3CC3)on2)c2ccccc2)CC1. The first kappa shape index (κ1) is 19.2. The predicted molar refractivity (Wildman–Crippen MR) is 109 cm³/mol. The molecule has 4 rings (SSSR count). The van der Waals surface area contributed by atoms with Crippen LogP contribution in [0.15, 0.2) is 40.9 Å². The van der Waals surface area contributed by atoms with Crippen molar-refractivity contribution < 1.29 is 9.32 Å². The molecular formula is C23H31N3O2. The van der Waals surface area contributed by atoms with E-state index >= 15 is 0 Å². The van der Waals surface area contributed by atoms with E-state index in [1.807, 2.05) is 24.3 Å². The second-order valence-electron chi connectivity index (χ2n) is 9.25. The molecule has 2 aromatic rings. The molecule has 1 aliphatic carbocycles. The Morgan fingerprint density at radius 3 is 2.43 bits per heavy atom. The highest BCUT2D eigenvalue weighted by atomic mass is 16.5. The van der Waals surface area contributed by atoms with Crippen LogP contribution in [0.1, 0.15) is 80.2 Å². The van der Waals surface area contributed by atoms with E-state index in [1.165, 1.54) is 0 Å². The van der Waals surface area contributed by atoms with Crippen molar-refractivity contribution in [3.63, 3.8) is 0 Å². The highest BCUT2D eigenvalue weighted by molar-refractivity contribution is 5.92. The molecule has 2 fully saturated rings. The molecule has 5 nitrogen and oxygen atoms in total. The molecule has 2 heterocycles. The van der Waals surface area contributed by atoms with Gasteiger partial charge in [-0.05, 0) is 71.0 Å². The molecule has 2 aliphatic rings. The second kappa shape index (κ2) is 7.70. The van der Waals surface area contributed by atoms with Crippen molar-refractivity contribution in [2.45, 2.75) is 64.0 Å². The van der Waals surface area contributed by atoms with Gasteiger partial charge in [0.25, 0.3) is 5.91 Å². The summed E-state index contributed by atoms with van der Waals surface area (Å²) in [6, 6.07) is 12.1. The van der Waals surface area contributed by atoms with Crippen LogP contribution in [0.3, 0.4) is 0 Å². The number of amides is 1. The highest BCUT2D eigenvalue weighted by Crippen LogP contribution is 2.40. The quantitative estimate of drug-likeness (QED) is 0.826. The van der Waals surface area contributed by atoms with Crippen LogP contribution in [0, 0.1) is 5.92 Å². The maximum Gasteiger partial charge on any atom is 0.273 e. The van der Waals surface area contributed by atoms with Crippen molar-refractivity contribution in [3.05, 3.63) is 53.4 Å². The Morgan fingerprint density at radius 1 is 1.14 bits per heavy atom. The minimum Gasteiger partial charge on any atom is -0.360 e. The standard InChI is InChI=1S/C23H31N3O2/c1-23(2,3)26-13-11-18(12-14-26)21(17-7-5-4-6-8-17)24-22(27)19-15-20(28-25-19)16-9-10-16/h4-8,15-16,18,21H,9-14H2,1-3H3,(H,24,27). The molecule has 1 amide bonds. The summed E-state index contributed by atoms with van der Waals surface area (Å²) in [6.45, 7) is 8.93. The second-order valence-corrected chi connectivity index (χ2v) is 9.25. The van der Waals surface area contributed by atoms with Crippen LogP contribution >= 0.6 is 0 Å². The van der Waals surface area contributed by atoms with E-state index < -0.39 is 0 Å². The zero-order valence-corrected chi connectivity index (χ0v) is 17.1. The highest BCUT2D eigenvalue weighted by Gasteiger charge is 2.33. The van der Waals surface area contributed by atoms with Crippen LogP contribution < -0.4 is 5.32 Å². The number of aromatic nitrogens is 1. The van der Waals surface area contributed by atoms with E-state index in [-0.39, 0.29) is 17.5 Å². The molecule has 1 atom stereocenters. The number of hydrogen-bond acceptors (Lipinski definition) is 4. The van der Waals surface area contributed by atoms with Gasteiger partial charge in [-0.1, -0.05) is 35.5 Å². The van der Waals surface area contributed by atoms with Gasteiger partial charge in [-0.3, -0.25) is 9.69 Å². The molecule has 1 aliphatic heterocycles. The van der Waals surface area contributed by atoms with Crippen LogP contribution in [-0.4, -0.2) is 34.6 Å². The van der Waals surface area contributed by atoms with Crippen molar-refractivity contribution in [2.24, 2.45) is 5.92 Å². The lowest BCUT2D eigenvalue weighted by atomic mass is 9.84. The van der Waals surface area contributed by atoms with Crippen molar-refractivity contribution >= 4 is 5.91 Å². The summed E-state index contributed by atoms with van der Waals surface area (Å²) in [5, 5.41) is 7.28. The number of hydrogen-bond donors (Lipinski definition) is 1. The normalized spacial score (nSPS) is 20.1. The molecule has 0 spiro atoms.